The first-order valence-corrected chi connectivity index (χ1v) is 7.14. The molecule has 19 heavy (non-hydrogen) atoms. The zero-order valence-electron chi connectivity index (χ0n) is 12.6. The Labute approximate surface area is 116 Å². The molecule has 1 aromatic carbocycles. The van der Waals surface area contributed by atoms with Crippen LogP contribution in [0.25, 0.3) is 0 Å². The van der Waals surface area contributed by atoms with Crippen LogP contribution >= 0.6 is 0 Å². The van der Waals surface area contributed by atoms with Gasteiger partial charge in [-0.2, -0.15) is 0 Å². The Bertz CT molecular complexity index is 413. The van der Waals surface area contributed by atoms with Crippen molar-refractivity contribution in [3.63, 3.8) is 0 Å². The molecule has 1 atom stereocenters. The van der Waals surface area contributed by atoms with Crippen LogP contribution in [0.3, 0.4) is 0 Å². The molecular formula is C16H26N2O. The fraction of sp³-hybridized carbons (Fsp3) is 0.625. The second-order valence-electron chi connectivity index (χ2n) is 5.85. The van der Waals surface area contributed by atoms with E-state index in [1.54, 1.807) is 0 Å². The van der Waals surface area contributed by atoms with Gasteiger partial charge in [0.05, 0.1) is 12.6 Å². The zero-order valence-corrected chi connectivity index (χ0v) is 12.6. The van der Waals surface area contributed by atoms with Crippen LogP contribution in [0.5, 0.6) is 0 Å². The Balaban J connectivity index is 2.27. The number of hydrogen-bond acceptors (Lipinski definition) is 3. The highest BCUT2D eigenvalue weighted by atomic mass is 16.3. The molecule has 1 aliphatic rings. The molecule has 0 bridgehead atoms. The maximum atomic E-state index is 9.86. The molecule has 3 nitrogen and oxygen atoms in total. The lowest BCUT2D eigenvalue weighted by Crippen LogP contribution is -2.47. The molecule has 2 rings (SSSR count). The summed E-state index contributed by atoms with van der Waals surface area (Å²) in [5.74, 6) is 0. The average molecular weight is 262 g/mol. The zero-order chi connectivity index (χ0) is 14.0. The third-order valence-corrected chi connectivity index (χ3v) is 4.22. The molecule has 1 unspecified atom stereocenters. The van der Waals surface area contributed by atoms with Crippen LogP contribution in [-0.4, -0.2) is 54.7 Å². The van der Waals surface area contributed by atoms with Crippen molar-refractivity contribution in [2.45, 2.75) is 26.8 Å². The van der Waals surface area contributed by atoms with Gasteiger partial charge in [0, 0.05) is 26.2 Å². The van der Waals surface area contributed by atoms with Crippen LogP contribution in [0.1, 0.15) is 28.3 Å². The lowest BCUT2D eigenvalue weighted by molar-refractivity contribution is 0.0742. The van der Waals surface area contributed by atoms with Gasteiger partial charge in [-0.1, -0.05) is 17.7 Å². The van der Waals surface area contributed by atoms with Crippen molar-refractivity contribution in [1.29, 1.82) is 0 Å². The van der Waals surface area contributed by atoms with E-state index < -0.39 is 0 Å². The highest BCUT2D eigenvalue weighted by molar-refractivity contribution is 5.39. The summed E-state index contributed by atoms with van der Waals surface area (Å²) >= 11 is 0. The molecule has 0 saturated carbocycles. The van der Waals surface area contributed by atoms with E-state index in [0.29, 0.717) is 0 Å². The monoisotopic (exact) mass is 262 g/mol. The molecule has 1 aliphatic heterocycles. The molecule has 1 saturated heterocycles. The summed E-state index contributed by atoms with van der Waals surface area (Å²) < 4.78 is 0. The predicted octanol–water partition coefficient (Wildman–Crippen LogP) is 1.89. The van der Waals surface area contributed by atoms with Gasteiger partial charge in [-0.05, 0) is 44.5 Å². The van der Waals surface area contributed by atoms with Gasteiger partial charge in [-0.25, -0.2) is 0 Å². The van der Waals surface area contributed by atoms with Crippen molar-refractivity contribution in [3.05, 3.63) is 34.4 Å². The second kappa shape index (κ2) is 6.04. The van der Waals surface area contributed by atoms with E-state index in [9.17, 15) is 5.11 Å². The molecule has 0 spiro atoms. The predicted molar refractivity (Wildman–Crippen MR) is 79.5 cm³/mol. The number of aliphatic hydroxyl groups is 1. The van der Waals surface area contributed by atoms with E-state index >= 15 is 0 Å². The van der Waals surface area contributed by atoms with Crippen LogP contribution in [0, 0.1) is 20.8 Å². The molecule has 106 valence electrons. The van der Waals surface area contributed by atoms with E-state index in [2.05, 4.69) is 49.8 Å². The van der Waals surface area contributed by atoms with E-state index in [-0.39, 0.29) is 12.6 Å². The van der Waals surface area contributed by atoms with Gasteiger partial charge < -0.3 is 10.0 Å². The lowest BCUT2D eigenvalue weighted by Gasteiger charge is -2.38. The normalized spacial score (nSPS) is 19.6. The summed E-state index contributed by atoms with van der Waals surface area (Å²) in [7, 11) is 2.16. The van der Waals surface area contributed by atoms with E-state index in [4.69, 9.17) is 0 Å². The quantitative estimate of drug-likeness (QED) is 0.901. The number of aryl methyl sites for hydroxylation is 3. The molecular weight excluding hydrogens is 236 g/mol. The minimum Gasteiger partial charge on any atom is -0.394 e. The second-order valence-corrected chi connectivity index (χ2v) is 5.85. The van der Waals surface area contributed by atoms with Crippen LogP contribution in [0.15, 0.2) is 12.1 Å². The Kier molecular flexibility index (Phi) is 4.61. The molecule has 1 aromatic rings. The number of benzene rings is 1. The van der Waals surface area contributed by atoms with Crippen LogP contribution in [0.4, 0.5) is 0 Å². The van der Waals surface area contributed by atoms with Crippen molar-refractivity contribution >= 4 is 0 Å². The molecule has 1 N–H and O–H groups in total. The minimum atomic E-state index is 0.147. The first kappa shape index (κ1) is 14.5. The van der Waals surface area contributed by atoms with E-state index in [1.807, 2.05) is 0 Å². The van der Waals surface area contributed by atoms with Gasteiger partial charge in [0.2, 0.25) is 0 Å². The summed E-state index contributed by atoms with van der Waals surface area (Å²) in [4.78, 5) is 4.77. The molecule has 0 aliphatic carbocycles. The average Bonchev–Trinajstić information content (AvgIpc) is 2.35. The molecule has 1 fully saturated rings. The first-order chi connectivity index (χ1) is 9.02. The molecule has 1 heterocycles. The molecule has 0 radical (unpaired) electrons. The Morgan fingerprint density at radius 1 is 1.05 bits per heavy atom. The maximum Gasteiger partial charge on any atom is 0.0628 e. The third kappa shape index (κ3) is 3.16. The van der Waals surface area contributed by atoms with Crippen molar-refractivity contribution in [1.82, 2.24) is 9.80 Å². The van der Waals surface area contributed by atoms with Crippen LogP contribution in [0.2, 0.25) is 0 Å². The van der Waals surface area contributed by atoms with Gasteiger partial charge >= 0.3 is 0 Å². The number of rotatable bonds is 3. The SMILES string of the molecule is Cc1cc(C)c(C(CO)N2CCN(C)CC2)c(C)c1. The maximum absolute atomic E-state index is 9.86. The van der Waals surface area contributed by atoms with Gasteiger partial charge in [0.15, 0.2) is 0 Å². The summed E-state index contributed by atoms with van der Waals surface area (Å²) in [5.41, 5.74) is 5.22. The third-order valence-electron chi connectivity index (χ3n) is 4.22. The fourth-order valence-corrected chi connectivity index (χ4v) is 3.24. The number of nitrogens with zero attached hydrogens (tertiary/aromatic N) is 2. The summed E-state index contributed by atoms with van der Waals surface area (Å²) in [6.07, 6.45) is 0. The van der Waals surface area contributed by atoms with Crippen LogP contribution in [-0.2, 0) is 0 Å². The molecule has 3 heteroatoms. The van der Waals surface area contributed by atoms with Crippen molar-refractivity contribution < 1.29 is 5.11 Å². The Hall–Kier alpha value is -0.900. The number of piperazine rings is 1. The van der Waals surface area contributed by atoms with E-state index in [1.165, 1.54) is 22.3 Å². The summed E-state index contributed by atoms with van der Waals surface area (Å²) in [5, 5.41) is 9.86. The van der Waals surface area contributed by atoms with Gasteiger partial charge in [-0.15, -0.1) is 0 Å². The number of aliphatic hydroxyl groups excluding tert-OH is 1. The van der Waals surface area contributed by atoms with Gasteiger partial charge in [0.25, 0.3) is 0 Å². The summed E-state index contributed by atoms with van der Waals surface area (Å²) in [6.45, 7) is 10.9. The topological polar surface area (TPSA) is 26.7 Å². The first-order valence-electron chi connectivity index (χ1n) is 7.14. The summed E-state index contributed by atoms with van der Waals surface area (Å²) in [6, 6.07) is 4.59. The van der Waals surface area contributed by atoms with E-state index in [0.717, 1.165) is 26.2 Å². The fourth-order valence-electron chi connectivity index (χ4n) is 3.24. The van der Waals surface area contributed by atoms with Crippen molar-refractivity contribution in [2.75, 3.05) is 39.8 Å². The molecule has 0 aromatic heterocycles. The standard InChI is InChI=1S/C16H26N2O/c1-12-9-13(2)16(14(3)10-12)15(11-19)18-7-5-17(4)6-8-18/h9-10,15,19H,5-8,11H2,1-4H3. The highest BCUT2D eigenvalue weighted by Crippen LogP contribution is 2.28. The highest BCUT2D eigenvalue weighted by Gasteiger charge is 2.25. The Morgan fingerprint density at radius 2 is 1.58 bits per heavy atom. The van der Waals surface area contributed by atoms with Crippen LogP contribution < -0.4 is 0 Å². The van der Waals surface area contributed by atoms with Gasteiger partial charge in [0.1, 0.15) is 0 Å². The smallest absolute Gasteiger partial charge is 0.0628 e. The van der Waals surface area contributed by atoms with Gasteiger partial charge in [-0.3, -0.25) is 4.90 Å². The van der Waals surface area contributed by atoms with Crippen molar-refractivity contribution in [2.24, 2.45) is 0 Å². The molecule has 0 amide bonds. The minimum absolute atomic E-state index is 0.147. The number of hydrogen-bond donors (Lipinski definition) is 1. The van der Waals surface area contributed by atoms with Crippen molar-refractivity contribution in [3.8, 4) is 0 Å². The Morgan fingerprint density at radius 3 is 2.05 bits per heavy atom. The largest absolute Gasteiger partial charge is 0.394 e. The number of likely N-dealkylation sites (N-methyl/N-ethyl adjacent to an activating group) is 1. The lowest BCUT2D eigenvalue weighted by atomic mass is 9.93.